The summed E-state index contributed by atoms with van der Waals surface area (Å²) in [5.74, 6) is -0.950. The minimum absolute atomic E-state index is 0.0772. The van der Waals surface area contributed by atoms with Crippen molar-refractivity contribution in [2.45, 2.75) is 0 Å². The fourth-order valence-corrected chi connectivity index (χ4v) is 3.38. The van der Waals surface area contributed by atoms with Crippen LogP contribution in [-0.4, -0.2) is 26.1 Å². The second-order valence-corrected chi connectivity index (χ2v) is 6.85. The average Bonchev–Trinajstić information content (AvgIpc) is 2.90. The van der Waals surface area contributed by atoms with Gasteiger partial charge in [-0.25, -0.2) is 0 Å². The first-order valence-corrected chi connectivity index (χ1v) is 8.56. The number of thioether (sulfide) groups is 1. The van der Waals surface area contributed by atoms with Gasteiger partial charge in [0, 0.05) is 17.7 Å². The monoisotopic (exact) mass is 385 g/mol. The molecule has 0 saturated carbocycles. The minimum Gasteiger partial charge on any atom is -0.267 e. The molecule has 0 radical (unpaired) electrons. The van der Waals surface area contributed by atoms with E-state index in [0.717, 1.165) is 16.8 Å². The van der Waals surface area contributed by atoms with Crippen molar-refractivity contribution in [2.75, 3.05) is 0 Å². The van der Waals surface area contributed by atoms with Gasteiger partial charge in [0.15, 0.2) is 4.32 Å². The van der Waals surface area contributed by atoms with Gasteiger partial charge in [0.25, 0.3) is 17.5 Å². The lowest BCUT2D eigenvalue weighted by atomic mass is 10.2. The van der Waals surface area contributed by atoms with E-state index >= 15 is 0 Å². The molecule has 2 aromatic rings. The Hall–Kier alpha value is -3.04. The van der Waals surface area contributed by atoms with E-state index in [1.807, 2.05) is 0 Å². The number of nitro groups is 1. The van der Waals surface area contributed by atoms with Crippen molar-refractivity contribution < 1.29 is 14.5 Å². The number of hydrogen-bond donors (Lipinski definition) is 1. The van der Waals surface area contributed by atoms with E-state index in [1.54, 1.807) is 36.4 Å². The Labute approximate surface area is 157 Å². The number of thiocarbonyl (C=S) groups is 1. The van der Waals surface area contributed by atoms with Gasteiger partial charge < -0.3 is 0 Å². The van der Waals surface area contributed by atoms with Crippen LogP contribution in [0.4, 0.5) is 5.69 Å². The number of rotatable bonds is 4. The number of nitrogens with one attached hydrogen (secondary N) is 1. The number of carbonyl (C=O) groups excluding carboxylic acids is 2. The summed E-state index contributed by atoms with van der Waals surface area (Å²) in [5.41, 5.74) is 3.28. The molecular formula is C17H11N3O4S2. The van der Waals surface area contributed by atoms with Gasteiger partial charge >= 0.3 is 0 Å². The highest BCUT2D eigenvalue weighted by Gasteiger charge is 2.33. The molecule has 0 atom stereocenters. The molecule has 130 valence electrons. The quantitative estimate of drug-likeness (QED) is 0.376. The lowest BCUT2D eigenvalue weighted by Gasteiger charge is -2.15. The predicted octanol–water partition coefficient (Wildman–Crippen LogP) is 3.14. The highest BCUT2D eigenvalue weighted by atomic mass is 32.2. The standard InChI is InChI=1S/C17H11N3O4S2/c21-15(12-6-2-1-3-7-12)18-19-16(22)14(26-17(19)25)10-11-5-4-8-13(9-11)20(23)24/h1-10H,(H,18,21)/b14-10-. The molecule has 0 unspecified atom stereocenters. The number of hydrazine groups is 1. The van der Waals surface area contributed by atoms with Crippen molar-refractivity contribution in [3.63, 3.8) is 0 Å². The molecule has 3 rings (SSSR count). The summed E-state index contributed by atoms with van der Waals surface area (Å²) in [7, 11) is 0. The maximum atomic E-state index is 12.5. The maximum absolute atomic E-state index is 12.5. The van der Waals surface area contributed by atoms with Crippen LogP contribution < -0.4 is 5.43 Å². The summed E-state index contributed by atoms with van der Waals surface area (Å²) in [6.07, 6.45) is 1.50. The molecule has 0 aromatic heterocycles. The Morgan fingerprint density at radius 2 is 1.92 bits per heavy atom. The van der Waals surface area contributed by atoms with E-state index in [-0.39, 0.29) is 14.9 Å². The van der Waals surface area contributed by atoms with Crippen LogP contribution in [0.1, 0.15) is 15.9 Å². The fourth-order valence-electron chi connectivity index (χ4n) is 2.20. The Bertz CT molecular complexity index is 944. The van der Waals surface area contributed by atoms with Gasteiger partial charge in [0.05, 0.1) is 9.83 Å². The van der Waals surface area contributed by atoms with E-state index in [4.69, 9.17) is 12.2 Å². The summed E-state index contributed by atoms with van der Waals surface area (Å²) in [6, 6.07) is 14.3. The van der Waals surface area contributed by atoms with Gasteiger partial charge in [-0.15, -0.1) is 0 Å². The number of amides is 2. The molecule has 1 aliphatic heterocycles. The Balaban J connectivity index is 1.79. The second-order valence-electron chi connectivity index (χ2n) is 5.18. The average molecular weight is 385 g/mol. The Kier molecular flexibility index (Phi) is 5.10. The van der Waals surface area contributed by atoms with Gasteiger partial charge in [-0.05, 0) is 36.0 Å². The van der Waals surface area contributed by atoms with Crippen LogP contribution in [0.25, 0.3) is 6.08 Å². The second kappa shape index (κ2) is 7.46. The first kappa shape index (κ1) is 17.8. The molecule has 1 aliphatic rings. The topological polar surface area (TPSA) is 92.6 Å². The molecule has 0 aliphatic carbocycles. The summed E-state index contributed by atoms with van der Waals surface area (Å²) in [5, 5.41) is 11.8. The molecule has 2 amide bonds. The zero-order valence-electron chi connectivity index (χ0n) is 13.1. The van der Waals surface area contributed by atoms with Gasteiger partial charge in [-0.3, -0.25) is 25.1 Å². The van der Waals surface area contributed by atoms with Crippen LogP contribution >= 0.6 is 24.0 Å². The maximum Gasteiger partial charge on any atom is 0.285 e. The summed E-state index contributed by atoms with van der Waals surface area (Å²) < 4.78 is 0.177. The van der Waals surface area contributed by atoms with E-state index in [0.29, 0.717) is 11.1 Å². The van der Waals surface area contributed by atoms with Gasteiger partial charge in [0.2, 0.25) is 0 Å². The van der Waals surface area contributed by atoms with Crippen molar-refractivity contribution in [2.24, 2.45) is 0 Å². The molecule has 1 fully saturated rings. The Morgan fingerprint density at radius 1 is 1.19 bits per heavy atom. The number of non-ortho nitro benzene ring substituents is 1. The van der Waals surface area contributed by atoms with Crippen LogP contribution in [0.2, 0.25) is 0 Å². The van der Waals surface area contributed by atoms with Crippen molar-refractivity contribution >= 4 is 51.9 Å². The van der Waals surface area contributed by atoms with Crippen molar-refractivity contribution in [1.82, 2.24) is 10.4 Å². The minimum atomic E-state index is -0.511. The van der Waals surface area contributed by atoms with Crippen molar-refractivity contribution in [3.8, 4) is 0 Å². The largest absolute Gasteiger partial charge is 0.285 e. The molecule has 1 N–H and O–H groups in total. The van der Waals surface area contributed by atoms with E-state index in [2.05, 4.69) is 5.43 Å². The van der Waals surface area contributed by atoms with Gasteiger partial charge in [-0.1, -0.05) is 42.1 Å². The highest BCUT2D eigenvalue weighted by molar-refractivity contribution is 8.26. The highest BCUT2D eigenvalue weighted by Crippen LogP contribution is 2.32. The first-order valence-electron chi connectivity index (χ1n) is 7.34. The number of nitro benzene ring substituents is 1. The SMILES string of the molecule is O=C(NN1C(=O)/C(=C/c2cccc([N+](=O)[O-])c2)SC1=S)c1ccccc1. The third-order valence-corrected chi connectivity index (χ3v) is 4.72. The molecule has 2 aromatic carbocycles. The van der Waals surface area contributed by atoms with Gasteiger partial charge in [0.1, 0.15) is 0 Å². The van der Waals surface area contributed by atoms with Gasteiger partial charge in [-0.2, -0.15) is 5.01 Å². The molecule has 1 saturated heterocycles. The number of carbonyl (C=O) groups is 2. The normalized spacial score (nSPS) is 15.4. The molecule has 1 heterocycles. The summed E-state index contributed by atoms with van der Waals surface area (Å²) in [6.45, 7) is 0. The van der Waals surface area contributed by atoms with Crippen molar-refractivity contribution in [3.05, 3.63) is 80.7 Å². The fraction of sp³-hybridized carbons (Fsp3) is 0. The van der Waals surface area contributed by atoms with Crippen molar-refractivity contribution in [1.29, 1.82) is 0 Å². The van der Waals surface area contributed by atoms with Crippen LogP contribution in [0.3, 0.4) is 0 Å². The first-order chi connectivity index (χ1) is 12.5. The van der Waals surface area contributed by atoms with Crippen LogP contribution in [0.5, 0.6) is 0 Å². The van der Waals surface area contributed by atoms with Crippen LogP contribution in [-0.2, 0) is 4.79 Å². The third kappa shape index (κ3) is 3.79. The molecule has 9 heteroatoms. The number of nitrogens with zero attached hydrogens (tertiary/aromatic N) is 2. The molecule has 7 nitrogen and oxygen atoms in total. The summed E-state index contributed by atoms with van der Waals surface area (Å²) in [4.78, 5) is 35.3. The smallest absolute Gasteiger partial charge is 0.267 e. The number of hydrogen-bond acceptors (Lipinski definition) is 6. The van der Waals surface area contributed by atoms with E-state index < -0.39 is 16.7 Å². The predicted molar refractivity (Wildman–Crippen MR) is 102 cm³/mol. The molecule has 26 heavy (non-hydrogen) atoms. The lowest BCUT2D eigenvalue weighted by molar-refractivity contribution is -0.384. The summed E-state index contributed by atoms with van der Waals surface area (Å²) >= 11 is 6.16. The molecular weight excluding hydrogens is 374 g/mol. The number of benzene rings is 2. The van der Waals surface area contributed by atoms with E-state index in [1.165, 1.54) is 24.3 Å². The van der Waals surface area contributed by atoms with Crippen LogP contribution in [0, 0.1) is 10.1 Å². The zero-order chi connectivity index (χ0) is 18.7. The molecule has 0 spiro atoms. The third-order valence-electron chi connectivity index (χ3n) is 3.42. The lowest BCUT2D eigenvalue weighted by Crippen LogP contribution is -2.44. The van der Waals surface area contributed by atoms with Crippen LogP contribution in [0.15, 0.2) is 59.5 Å². The zero-order valence-corrected chi connectivity index (χ0v) is 14.8. The van der Waals surface area contributed by atoms with E-state index in [9.17, 15) is 19.7 Å². The molecule has 0 bridgehead atoms. The Morgan fingerprint density at radius 3 is 2.62 bits per heavy atom.